The van der Waals surface area contributed by atoms with Crippen LogP contribution in [0.4, 0.5) is 0 Å². The second-order valence-electron chi connectivity index (χ2n) is 4.01. The third kappa shape index (κ3) is 1.63. The van der Waals surface area contributed by atoms with Gasteiger partial charge in [0.2, 0.25) is 0 Å². The number of allylic oxidation sites excluding steroid dienone is 2. The van der Waals surface area contributed by atoms with Crippen molar-refractivity contribution in [3.05, 3.63) is 41.7 Å². The maximum absolute atomic E-state index is 5.79. The van der Waals surface area contributed by atoms with Crippen molar-refractivity contribution in [1.29, 1.82) is 0 Å². The fourth-order valence-electron chi connectivity index (χ4n) is 1.74. The van der Waals surface area contributed by atoms with Gasteiger partial charge >= 0.3 is 0 Å². The van der Waals surface area contributed by atoms with Crippen molar-refractivity contribution >= 4 is 16.5 Å². The van der Waals surface area contributed by atoms with Gasteiger partial charge in [0.05, 0.1) is 0 Å². The minimum Gasteiger partial charge on any atom is -0.402 e. The van der Waals surface area contributed by atoms with Crippen LogP contribution in [0.15, 0.2) is 36.2 Å². The predicted octanol–water partition coefficient (Wildman–Crippen LogP) is 2.89. The summed E-state index contributed by atoms with van der Waals surface area (Å²) in [4.78, 5) is 0. The molecule has 0 saturated heterocycles. The molecule has 0 fully saturated rings. The van der Waals surface area contributed by atoms with E-state index in [0.717, 1.165) is 11.3 Å². The third-order valence-electron chi connectivity index (χ3n) is 2.91. The van der Waals surface area contributed by atoms with Gasteiger partial charge in [-0.15, -0.1) is 0 Å². The van der Waals surface area contributed by atoms with E-state index in [-0.39, 0.29) is 0 Å². The Morgan fingerprint density at radius 2 is 1.93 bits per heavy atom. The van der Waals surface area contributed by atoms with Crippen LogP contribution in [0.5, 0.6) is 0 Å². The standard InChI is InChI=1S/C13H16N2/c1-9(10(2)14)11-4-5-13-12(8-11)6-7-15(13)3/h4-8H,14H2,1-3H3/b10-9-. The molecule has 1 aromatic carbocycles. The Balaban J connectivity index is 2.62. The summed E-state index contributed by atoms with van der Waals surface area (Å²) in [5, 5.41) is 1.26. The average Bonchev–Trinajstić information content (AvgIpc) is 2.59. The van der Waals surface area contributed by atoms with Gasteiger partial charge in [0.15, 0.2) is 0 Å². The molecule has 0 spiro atoms. The average molecular weight is 200 g/mol. The van der Waals surface area contributed by atoms with Crippen LogP contribution in [0, 0.1) is 0 Å². The van der Waals surface area contributed by atoms with Crippen LogP contribution in [0.25, 0.3) is 16.5 Å². The molecule has 2 N–H and O–H groups in total. The molecule has 2 aromatic rings. The summed E-state index contributed by atoms with van der Waals surface area (Å²) >= 11 is 0. The van der Waals surface area contributed by atoms with Gasteiger partial charge in [-0.05, 0) is 43.2 Å². The van der Waals surface area contributed by atoms with Crippen molar-refractivity contribution < 1.29 is 0 Å². The molecule has 1 aromatic heterocycles. The number of nitrogens with zero attached hydrogens (tertiary/aromatic N) is 1. The first-order chi connectivity index (χ1) is 7.09. The SMILES string of the molecule is C/C(N)=C(\C)c1ccc2c(ccn2C)c1. The Morgan fingerprint density at radius 1 is 1.20 bits per heavy atom. The lowest BCUT2D eigenvalue weighted by Crippen LogP contribution is -1.95. The highest BCUT2D eigenvalue weighted by molar-refractivity contribution is 5.84. The summed E-state index contributed by atoms with van der Waals surface area (Å²) < 4.78 is 2.12. The maximum atomic E-state index is 5.79. The van der Waals surface area contributed by atoms with Gasteiger partial charge in [0, 0.05) is 29.8 Å². The molecule has 2 rings (SSSR count). The zero-order valence-corrected chi connectivity index (χ0v) is 9.41. The number of hydrogen-bond acceptors (Lipinski definition) is 1. The van der Waals surface area contributed by atoms with Gasteiger partial charge in [-0.1, -0.05) is 6.07 Å². The molecule has 0 aliphatic carbocycles. The molecule has 0 bridgehead atoms. The molecule has 0 aliphatic heterocycles. The van der Waals surface area contributed by atoms with Crippen molar-refractivity contribution in [2.24, 2.45) is 12.8 Å². The van der Waals surface area contributed by atoms with E-state index in [0.29, 0.717) is 0 Å². The Labute approximate surface area is 90.0 Å². The molecule has 0 amide bonds. The van der Waals surface area contributed by atoms with E-state index in [9.17, 15) is 0 Å². The Bertz CT molecular complexity index is 528. The molecule has 15 heavy (non-hydrogen) atoms. The minimum absolute atomic E-state index is 0.880. The van der Waals surface area contributed by atoms with Crippen molar-refractivity contribution in [3.8, 4) is 0 Å². The predicted molar refractivity (Wildman–Crippen MR) is 65.4 cm³/mol. The fourth-order valence-corrected chi connectivity index (χ4v) is 1.74. The van der Waals surface area contributed by atoms with E-state index in [1.807, 2.05) is 6.92 Å². The molecule has 2 heteroatoms. The summed E-state index contributed by atoms with van der Waals surface area (Å²) in [7, 11) is 2.05. The van der Waals surface area contributed by atoms with Crippen molar-refractivity contribution in [2.45, 2.75) is 13.8 Å². The van der Waals surface area contributed by atoms with Gasteiger partial charge in [-0.2, -0.15) is 0 Å². The summed E-state index contributed by atoms with van der Waals surface area (Å²) in [6.45, 7) is 3.99. The van der Waals surface area contributed by atoms with Gasteiger partial charge < -0.3 is 10.3 Å². The van der Waals surface area contributed by atoms with Crippen LogP contribution in [0.1, 0.15) is 19.4 Å². The first kappa shape index (κ1) is 9.84. The molecular weight excluding hydrogens is 184 g/mol. The van der Waals surface area contributed by atoms with E-state index in [2.05, 4.69) is 49.0 Å². The molecule has 0 saturated carbocycles. The van der Waals surface area contributed by atoms with Crippen LogP contribution >= 0.6 is 0 Å². The van der Waals surface area contributed by atoms with E-state index in [1.165, 1.54) is 16.5 Å². The Kier molecular flexibility index (Phi) is 2.27. The highest BCUT2D eigenvalue weighted by atomic mass is 14.9. The number of aromatic nitrogens is 1. The number of aryl methyl sites for hydroxylation is 1. The second kappa shape index (κ2) is 3.46. The van der Waals surface area contributed by atoms with Crippen molar-refractivity contribution in [1.82, 2.24) is 4.57 Å². The van der Waals surface area contributed by atoms with Gasteiger partial charge in [-0.3, -0.25) is 0 Å². The zero-order chi connectivity index (χ0) is 11.0. The zero-order valence-electron chi connectivity index (χ0n) is 9.41. The van der Waals surface area contributed by atoms with Crippen LogP contribution in [0.3, 0.4) is 0 Å². The number of nitrogens with two attached hydrogens (primary N) is 1. The fraction of sp³-hybridized carbons (Fsp3) is 0.231. The minimum atomic E-state index is 0.880. The Hall–Kier alpha value is -1.70. The van der Waals surface area contributed by atoms with Crippen LogP contribution in [-0.4, -0.2) is 4.57 Å². The highest BCUT2D eigenvalue weighted by Gasteiger charge is 2.02. The van der Waals surface area contributed by atoms with E-state index in [1.54, 1.807) is 0 Å². The third-order valence-corrected chi connectivity index (χ3v) is 2.91. The number of benzene rings is 1. The Morgan fingerprint density at radius 3 is 2.60 bits per heavy atom. The molecule has 0 unspecified atom stereocenters. The quantitative estimate of drug-likeness (QED) is 0.754. The van der Waals surface area contributed by atoms with Crippen molar-refractivity contribution in [3.63, 3.8) is 0 Å². The second-order valence-corrected chi connectivity index (χ2v) is 4.01. The number of hydrogen-bond donors (Lipinski definition) is 1. The summed E-state index contributed by atoms with van der Waals surface area (Å²) in [6, 6.07) is 8.56. The monoisotopic (exact) mass is 200 g/mol. The first-order valence-electron chi connectivity index (χ1n) is 5.08. The lowest BCUT2D eigenvalue weighted by molar-refractivity contribution is 0.969. The van der Waals surface area contributed by atoms with Crippen LogP contribution in [0.2, 0.25) is 0 Å². The molecular formula is C13H16N2. The molecule has 78 valence electrons. The van der Waals surface area contributed by atoms with Crippen molar-refractivity contribution in [2.75, 3.05) is 0 Å². The maximum Gasteiger partial charge on any atom is 0.0478 e. The summed E-state index contributed by atoms with van der Waals surface area (Å²) in [5.74, 6) is 0. The van der Waals surface area contributed by atoms with E-state index >= 15 is 0 Å². The molecule has 2 nitrogen and oxygen atoms in total. The van der Waals surface area contributed by atoms with Crippen LogP contribution in [-0.2, 0) is 7.05 Å². The normalized spacial score (nSPS) is 13.0. The van der Waals surface area contributed by atoms with E-state index in [4.69, 9.17) is 5.73 Å². The van der Waals surface area contributed by atoms with Gasteiger partial charge in [0.25, 0.3) is 0 Å². The van der Waals surface area contributed by atoms with Gasteiger partial charge in [0.1, 0.15) is 0 Å². The molecule has 0 radical (unpaired) electrons. The largest absolute Gasteiger partial charge is 0.402 e. The number of rotatable bonds is 1. The number of fused-ring (bicyclic) bond motifs is 1. The topological polar surface area (TPSA) is 30.9 Å². The van der Waals surface area contributed by atoms with Gasteiger partial charge in [-0.25, -0.2) is 0 Å². The molecule has 0 aliphatic rings. The first-order valence-corrected chi connectivity index (χ1v) is 5.08. The molecule has 0 atom stereocenters. The summed E-state index contributed by atoms with van der Waals surface area (Å²) in [6.07, 6.45) is 2.07. The lowest BCUT2D eigenvalue weighted by atomic mass is 10.0. The lowest BCUT2D eigenvalue weighted by Gasteiger charge is -2.05. The smallest absolute Gasteiger partial charge is 0.0478 e. The van der Waals surface area contributed by atoms with E-state index < -0.39 is 0 Å². The van der Waals surface area contributed by atoms with Crippen LogP contribution < -0.4 is 5.73 Å². The molecule has 1 heterocycles. The summed E-state index contributed by atoms with van der Waals surface area (Å²) in [5.41, 5.74) is 10.3. The highest BCUT2D eigenvalue weighted by Crippen LogP contribution is 2.22.